The topological polar surface area (TPSA) is 35.2 Å². The van der Waals surface area contributed by atoms with Crippen molar-refractivity contribution in [2.24, 2.45) is 23.5 Å². The van der Waals surface area contributed by atoms with Gasteiger partial charge in [-0.25, -0.2) is 0 Å². The van der Waals surface area contributed by atoms with Crippen LogP contribution in [0.5, 0.6) is 0 Å². The Balaban J connectivity index is 1.78. The highest BCUT2D eigenvalue weighted by Crippen LogP contribution is 2.57. The van der Waals surface area contributed by atoms with Crippen LogP contribution in [0.25, 0.3) is 0 Å². The summed E-state index contributed by atoms with van der Waals surface area (Å²) >= 11 is 0. The summed E-state index contributed by atoms with van der Waals surface area (Å²) in [5, 5.41) is 0. The third-order valence-corrected chi connectivity index (χ3v) is 4.97. The maximum atomic E-state index is 6.46. The molecular weight excluding hydrogens is 198 g/mol. The third kappa shape index (κ3) is 1.80. The number of nitrogens with two attached hydrogens (primary N) is 1. The van der Waals surface area contributed by atoms with Gasteiger partial charge in [0.1, 0.15) is 0 Å². The second kappa shape index (κ2) is 3.46. The zero-order chi connectivity index (χ0) is 11.4. The van der Waals surface area contributed by atoms with Gasteiger partial charge >= 0.3 is 0 Å². The van der Waals surface area contributed by atoms with E-state index in [-0.39, 0.29) is 11.2 Å². The summed E-state index contributed by atoms with van der Waals surface area (Å²) in [6.45, 7) is 4.92. The number of hydrogen-bond donors (Lipinski definition) is 1. The molecule has 0 aromatic carbocycles. The first-order valence-electron chi connectivity index (χ1n) is 6.90. The second-order valence-electron chi connectivity index (χ2n) is 7.17. The van der Waals surface area contributed by atoms with Gasteiger partial charge in [0.05, 0.1) is 11.2 Å². The highest BCUT2D eigenvalue weighted by atomic mass is 16.5. The van der Waals surface area contributed by atoms with Gasteiger partial charge in [0.2, 0.25) is 0 Å². The van der Waals surface area contributed by atoms with Gasteiger partial charge in [0, 0.05) is 6.54 Å². The average Bonchev–Trinajstić information content (AvgIpc) is 2.13. The Bertz CT molecular complexity index is 249. The smallest absolute Gasteiger partial charge is 0.0755 e. The Morgan fingerprint density at radius 3 is 1.88 bits per heavy atom. The van der Waals surface area contributed by atoms with E-state index >= 15 is 0 Å². The summed E-state index contributed by atoms with van der Waals surface area (Å²) in [5.74, 6) is 2.87. The van der Waals surface area contributed by atoms with Crippen molar-refractivity contribution in [3.8, 4) is 0 Å². The Labute approximate surface area is 98.9 Å². The molecule has 0 atom stereocenters. The van der Waals surface area contributed by atoms with Crippen LogP contribution in [0.4, 0.5) is 0 Å². The summed E-state index contributed by atoms with van der Waals surface area (Å²) in [4.78, 5) is 0. The van der Waals surface area contributed by atoms with E-state index in [4.69, 9.17) is 10.5 Å². The molecule has 0 aromatic rings. The summed E-state index contributed by atoms with van der Waals surface area (Å²) in [6.07, 6.45) is 8.36. The lowest BCUT2D eigenvalue weighted by Gasteiger charge is -2.58. The molecule has 0 heterocycles. The predicted octanol–water partition coefficient (Wildman–Crippen LogP) is 2.71. The van der Waals surface area contributed by atoms with Gasteiger partial charge < -0.3 is 10.5 Å². The molecule has 4 bridgehead atoms. The minimum absolute atomic E-state index is 0.133. The first-order valence-corrected chi connectivity index (χ1v) is 6.90. The van der Waals surface area contributed by atoms with Gasteiger partial charge in [0.25, 0.3) is 0 Å². The Morgan fingerprint density at radius 2 is 1.50 bits per heavy atom. The monoisotopic (exact) mass is 223 g/mol. The van der Waals surface area contributed by atoms with Crippen LogP contribution >= 0.6 is 0 Å². The molecule has 92 valence electrons. The fraction of sp³-hybridized carbons (Fsp3) is 1.00. The number of hydrogen-bond acceptors (Lipinski definition) is 2. The minimum atomic E-state index is -0.133. The zero-order valence-electron chi connectivity index (χ0n) is 10.7. The molecule has 16 heavy (non-hydrogen) atoms. The molecule has 0 aromatic heterocycles. The fourth-order valence-corrected chi connectivity index (χ4v) is 4.78. The highest BCUT2D eigenvalue weighted by Gasteiger charge is 2.53. The van der Waals surface area contributed by atoms with Gasteiger partial charge in [-0.2, -0.15) is 0 Å². The fourth-order valence-electron chi connectivity index (χ4n) is 4.78. The highest BCUT2D eigenvalue weighted by molar-refractivity contribution is 5.04. The van der Waals surface area contributed by atoms with Crippen molar-refractivity contribution in [2.75, 3.05) is 6.54 Å². The quantitative estimate of drug-likeness (QED) is 0.798. The molecule has 4 aliphatic rings. The van der Waals surface area contributed by atoms with E-state index < -0.39 is 0 Å². The van der Waals surface area contributed by atoms with Crippen LogP contribution in [-0.4, -0.2) is 17.7 Å². The summed E-state index contributed by atoms with van der Waals surface area (Å²) in [6, 6.07) is 0. The molecule has 4 aliphatic carbocycles. The Morgan fingerprint density at radius 1 is 1.06 bits per heavy atom. The summed E-state index contributed by atoms with van der Waals surface area (Å²) in [7, 11) is 0. The van der Waals surface area contributed by atoms with Gasteiger partial charge in [-0.3, -0.25) is 0 Å². The van der Waals surface area contributed by atoms with E-state index in [1.807, 2.05) is 0 Å². The molecule has 0 amide bonds. The third-order valence-electron chi connectivity index (χ3n) is 4.97. The lowest BCUT2D eigenvalue weighted by atomic mass is 9.54. The van der Waals surface area contributed by atoms with Gasteiger partial charge in [-0.05, 0) is 70.1 Å². The van der Waals surface area contributed by atoms with E-state index in [9.17, 15) is 0 Å². The van der Waals surface area contributed by atoms with Crippen LogP contribution < -0.4 is 5.73 Å². The summed E-state index contributed by atoms with van der Waals surface area (Å²) < 4.78 is 6.46. The van der Waals surface area contributed by atoms with E-state index in [0.717, 1.165) is 17.8 Å². The van der Waals surface area contributed by atoms with Crippen LogP contribution in [-0.2, 0) is 4.74 Å². The lowest BCUT2D eigenvalue weighted by molar-refractivity contribution is -0.212. The van der Waals surface area contributed by atoms with E-state index in [0.29, 0.717) is 6.54 Å². The van der Waals surface area contributed by atoms with Gasteiger partial charge in [-0.1, -0.05) is 0 Å². The second-order valence-corrected chi connectivity index (χ2v) is 7.17. The van der Waals surface area contributed by atoms with Crippen molar-refractivity contribution in [1.82, 2.24) is 0 Å². The first kappa shape index (κ1) is 11.0. The standard InChI is InChI=1S/C14H25NO/c1-13(2,9-15)16-14-6-10-3-11(7-14)5-12(4-10)8-14/h10-12H,3-9,15H2,1-2H3. The van der Waals surface area contributed by atoms with E-state index in [1.54, 1.807) is 0 Å². The molecule has 0 spiro atoms. The predicted molar refractivity (Wildman–Crippen MR) is 65.1 cm³/mol. The largest absolute Gasteiger partial charge is 0.368 e. The molecule has 4 saturated carbocycles. The molecular formula is C14H25NO. The summed E-state index contributed by atoms with van der Waals surface area (Å²) in [5.41, 5.74) is 5.88. The maximum Gasteiger partial charge on any atom is 0.0755 e. The van der Waals surface area contributed by atoms with Crippen LogP contribution in [0.2, 0.25) is 0 Å². The van der Waals surface area contributed by atoms with Crippen LogP contribution in [0, 0.1) is 17.8 Å². The van der Waals surface area contributed by atoms with Crippen molar-refractivity contribution in [1.29, 1.82) is 0 Å². The minimum Gasteiger partial charge on any atom is -0.368 e. The molecule has 0 unspecified atom stereocenters. The van der Waals surface area contributed by atoms with Crippen molar-refractivity contribution in [2.45, 2.75) is 63.6 Å². The Hall–Kier alpha value is -0.0800. The van der Waals surface area contributed by atoms with E-state index in [1.165, 1.54) is 38.5 Å². The molecule has 2 N–H and O–H groups in total. The molecule has 2 nitrogen and oxygen atoms in total. The van der Waals surface area contributed by atoms with E-state index in [2.05, 4.69) is 13.8 Å². The van der Waals surface area contributed by atoms with Crippen LogP contribution in [0.3, 0.4) is 0 Å². The molecule has 0 saturated heterocycles. The Kier molecular flexibility index (Phi) is 2.38. The SMILES string of the molecule is CC(C)(CN)OC12CC3CC(CC(C3)C1)C2. The molecule has 0 radical (unpaired) electrons. The lowest BCUT2D eigenvalue weighted by Crippen LogP contribution is -2.56. The van der Waals surface area contributed by atoms with Gasteiger partial charge in [-0.15, -0.1) is 0 Å². The van der Waals surface area contributed by atoms with Crippen molar-refractivity contribution in [3.63, 3.8) is 0 Å². The molecule has 4 fully saturated rings. The number of rotatable bonds is 3. The molecule has 2 heteroatoms. The van der Waals surface area contributed by atoms with Crippen LogP contribution in [0.1, 0.15) is 52.4 Å². The number of ether oxygens (including phenoxy) is 1. The molecule has 4 rings (SSSR count). The maximum absolute atomic E-state index is 6.46. The normalized spacial score (nSPS) is 46.3. The van der Waals surface area contributed by atoms with Crippen molar-refractivity contribution < 1.29 is 4.74 Å². The van der Waals surface area contributed by atoms with Crippen molar-refractivity contribution >= 4 is 0 Å². The average molecular weight is 223 g/mol. The first-order chi connectivity index (χ1) is 7.50. The molecule has 0 aliphatic heterocycles. The zero-order valence-corrected chi connectivity index (χ0v) is 10.7. The van der Waals surface area contributed by atoms with Gasteiger partial charge in [0.15, 0.2) is 0 Å². The van der Waals surface area contributed by atoms with Crippen LogP contribution in [0.15, 0.2) is 0 Å². The van der Waals surface area contributed by atoms with Crippen molar-refractivity contribution in [3.05, 3.63) is 0 Å².